The van der Waals surface area contributed by atoms with E-state index in [1.54, 1.807) is 0 Å². The molecule has 0 spiro atoms. The largest absolute Gasteiger partial charge is 0.417 e. The van der Waals surface area contributed by atoms with Crippen molar-refractivity contribution in [1.29, 1.82) is 0 Å². The zero-order chi connectivity index (χ0) is 11.5. The minimum atomic E-state index is -4.40. The van der Waals surface area contributed by atoms with Gasteiger partial charge in [0.15, 0.2) is 0 Å². The summed E-state index contributed by atoms with van der Waals surface area (Å²) in [7, 11) is 0. The number of nitrogens with zero attached hydrogens (tertiary/aromatic N) is 1. The molecule has 84 valence electrons. The molecule has 0 atom stereocenters. The molecule has 0 bridgehead atoms. The molecule has 2 N–H and O–H groups in total. The van der Waals surface area contributed by atoms with Gasteiger partial charge in [0.1, 0.15) is 0 Å². The lowest BCUT2D eigenvalue weighted by Crippen LogP contribution is -2.07. The molecule has 0 amide bonds. The molecular formula is C9H10ClF3N2. The molecule has 0 saturated heterocycles. The molecule has 0 aromatic carbocycles. The van der Waals surface area contributed by atoms with Gasteiger partial charge in [-0.3, -0.25) is 4.98 Å². The third kappa shape index (κ3) is 3.35. The number of aryl methyl sites for hydroxylation is 1. The number of pyridine rings is 1. The minimum Gasteiger partial charge on any atom is -0.330 e. The van der Waals surface area contributed by atoms with E-state index in [9.17, 15) is 13.2 Å². The van der Waals surface area contributed by atoms with E-state index in [0.717, 1.165) is 12.3 Å². The Kier molecular flexibility index (Phi) is 3.93. The van der Waals surface area contributed by atoms with E-state index in [4.69, 9.17) is 17.3 Å². The second kappa shape index (κ2) is 4.81. The van der Waals surface area contributed by atoms with E-state index in [1.807, 2.05) is 0 Å². The first-order chi connectivity index (χ1) is 6.95. The van der Waals surface area contributed by atoms with Crippen LogP contribution in [0.1, 0.15) is 17.7 Å². The summed E-state index contributed by atoms with van der Waals surface area (Å²) in [5.41, 5.74) is 4.90. The molecule has 0 aliphatic carbocycles. The Bertz CT molecular complexity index is 339. The van der Waals surface area contributed by atoms with Crippen molar-refractivity contribution < 1.29 is 13.2 Å². The number of aromatic nitrogens is 1. The van der Waals surface area contributed by atoms with E-state index in [0.29, 0.717) is 25.1 Å². The second-order valence-corrected chi connectivity index (χ2v) is 3.45. The summed E-state index contributed by atoms with van der Waals surface area (Å²) in [4.78, 5) is 3.67. The summed E-state index contributed by atoms with van der Waals surface area (Å²) in [5, 5.41) is 0.0401. The Morgan fingerprint density at radius 2 is 2.07 bits per heavy atom. The Labute approximate surface area is 90.3 Å². The van der Waals surface area contributed by atoms with Crippen LogP contribution in [-0.4, -0.2) is 11.5 Å². The number of rotatable bonds is 3. The summed E-state index contributed by atoms with van der Waals surface area (Å²) >= 11 is 5.67. The zero-order valence-electron chi connectivity index (χ0n) is 7.81. The van der Waals surface area contributed by atoms with Crippen molar-refractivity contribution in [2.24, 2.45) is 5.73 Å². The highest BCUT2D eigenvalue weighted by Gasteiger charge is 2.31. The maximum atomic E-state index is 12.2. The minimum absolute atomic E-state index is 0.0401. The highest BCUT2D eigenvalue weighted by Crippen LogP contribution is 2.31. The van der Waals surface area contributed by atoms with Gasteiger partial charge < -0.3 is 5.73 Å². The fourth-order valence-electron chi connectivity index (χ4n) is 1.07. The number of hydrogen-bond acceptors (Lipinski definition) is 2. The Morgan fingerprint density at radius 3 is 2.53 bits per heavy atom. The summed E-state index contributed by atoms with van der Waals surface area (Å²) in [6.45, 7) is 0.457. The number of alkyl halides is 3. The molecule has 0 radical (unpaired) electrons. The van der Waals surface area contributed by atoms with Gasteiger partial charge in [-0.25, -0.2) is 0 Å². The van der Waals surface area contributed by atoms with Crippen LogP contribution < -0.4 is 5.73 Å². The summed E-state index contributed by atoms with van der Waals surface area (Å²) in [6.07, 6.45) is -2.47. The van der Waals surface area contributed by atoms with Crippen molar-refractivity contribution in [3.05, 3.63) is 28.5 Å². The topological polar surface area (TPSA) is 38.9 Å². The molecule has 1 aromatic rings. The van der Waals surface area contributed by atoms with E-state index in [-0.39, 0.29) is 5.02 Å². The quantitative estimate of drug-likeness (QED) is 0.879. The SMILES string of the molecule is NCCCc1ncc(C(F)(F)F)cc1Cl. The van der Waals surface area contributed by atoms with Gasteiger partial charge in [0.2, 0.25) is 0 Å². The van der Waals surface area contributed by atoms with Gasteiger partial charge in [0.05, 0.1) is 16.3 Å². The van der Waals surface area contributed by atoms with E-state index < -0.39 is 11.7 Å². The molecular weight excluding hydrogens is 229 g/mol. The van der Waals surface area contributed by atoms with Crippen LogP contribution in [0.5, 0.6) is 0 Å². The molecule has 0 saturated carbocycles. The molecule has 0 unspecified atom stereocenters. The van der Waals surface area contributed by atoms with Crippen LogP contribution >= 0.6 is 11.6 Å². The summed E-state index contributed by atoms with van der Waals surface area (Å²) in [5.74, 6) is 0. The lowest BCUT2D eigenvalue weighted by atomic mass is 10.2. The van der Waals surface area contributed by atoms with Gasteiger partial charge in [0.25, 0.3) is 0 Å². The van der Waals surface area contributed by atoms with E-state index in [1.165, 1.54) is 0 Å². The Morgan fingerprint density at radius 1 is 1.40 bits per heavy atom. The first kappa shape index (κ1) is 12.3. The van der Waals surface area contributed by atoms with Gasteiger partial charge in [-0.1, -0.05) is 11.6 Å². The number of halogens is 4. The standard InChI is InChI=1S/C9H10ClF3N2/c10-7-4-6(9(11,12)13)5-15-8(7)2-1-3-14/h4-5H,1-3,14H2. The molecule has 0 fully saturated rings. The Balaban J connectivity index is 2.88. The maximum Gasteiger partial charge on any atom is 0.417 e. The van der Waals surface area contributed by atoms with Crippen molar-refractivity contribution in [2.75, 3.05) is 6.54 Å². The monoisotopic (exact) mass is 238 g/mol. The third-order valence-electron chi connectivity index (χ3n) is 1.86. The van der Waals surface area contributed by atoms with Crippen LogP contribution in [0.2, 0.25) is 5.02 Å². The molecule has 2 nitrogen and oxygen atoms in total. The van der Waals surface area contributed by atoms with E-state index in [2.05, 4.69) is 4.98 Å². The van der Waals surface area contributed by atoms with Crippen LogP contribution in [0.25, 0.3) is 0 Å². The first-order valence-corrected chi connectivity index (χ1v) is 4.74. The molecule has 1 aromatic heterocycles. The van der Waals surface area contributed by atoms with Crippen molar-refractivity contribution in [3.8, 4) is 0 Å². The van der Waals surface area contributed by atoms with Crippen LogP contribution in [0, 0.1) is 0 Å². The van der Waals surface area contributed by atoms with Crippen LogP contribution in [-0.2, 0) is 12.6 Å². The smallest absolute Gasteiger partial charge is 0.330 e. The summed E-state index contributed by atoms with van der Waals surface area (Å²) < 4.78 is 36.7. The lowest BCUT2D eigenvalue weighted by Gasteiger charge is -2.08. The molecule has 15 heavy (non-hydrogen) atoms. The fraction of sp³-hybridized carbons (Fsp3) is 0.444. The fourth-order valence-corrected chi connectivity index (χ4v) is 1.34. The highest BCUT2D eigenvalue weighted by molar-refractivity contribution is 6.31. The average Bonchev–Trinajstić information content (AvgIpc) is 2.14. The summed E-state index contributed by atoms with van der Waals surface area (Å²) in [6, 6.07) is 0.889. The van der Waals surface area contributed by atoms with Crippen LogP contribution in [0.15, 0.2) is 12.3 Å². The van der Waals surface area contributed by atoms with Crippen molar-refractivity contribution in [2.45, 2.75) is 19.0 Å². The van der Waals surface area contributed by atoms with E-state index >= 15 is 0 Å². The van der Waals surface area contributed by atoms with Crippen molar-refractivity contribution in [3.63, 3.8) is 0 Å². The van der Waals surface area contributed by atoms with Crippen molar-refractivity contribution in [1.82, 2.24) is 4.98 Å². The normalized spacial score (nSPS) is 11.8. The van der Waals surface area contributed by atoms with Gasteiger partial charge in [-0.15, -0.1) is 0 Å². The molecule has 1 heterocycles. The third-order valence-corrected chi connectivity index (χ3v) is 2.19. The lowest BCUT2D eigenvalue weighted by molar-refractivity contribution is -0.137. The number of hydrogen-bond donors (Lipinski definition) is 1. The van der Waals surface area contributed by atoms with Gasteiger partial charge in [-0.05, 0) is 25.5 Å². The zero-order valence-corrected chi connectivity index (χ0v) is 8.57. The average molecular weight is 239 g/mol. The molecule has 0 aliphatic rings. The molecule has 6 heteroatoms. The predicted octanol–water partition coefficient (Wildman–Crippen LogP) is 2.65. The van der Waals surface area contributed by atoms with Gasteiger partial charge >= 0.3 is 6.18 Å². The maximum absolute atomic E-state index is 12.2. The van der Waals surface area contributed by atoms with Gasteiger partial charge in [-0.2, -0.15) is 13.2 Å². The van der Waals surface area contributed by atoms with Gasteiger partial charge in [0, 0.05) is 6.20 Å². The first-order valence-electron chi connectivity index (χ1n) is 4.37. The second-order valence-electron chi connectivity index (χ2n) is 3.04. The Hall–Kier alpha value is -0.810. The van der Waals surface area contributed by atoms with Crippen LogP contribution in [0.3, 0.4) is 0 Å². The molecule has 1 rings (SSSR count). The molecule has 0 aliphatic heterocycles. The number of nitrogens with two attached hydrogens (primary N) is 1. The highest BCUT2D eigenvalue weighted by atomic mass is 35.5. The van der Waals surface area contributed by atoms with Crippen molar-refractivity contribution >= 4 is 11.6 Å². The van der Waals surface area contributed by atoms with Crippen LogP contribution in [0.4, 0.5) is 13.2 Å². The predicted molar refractivity (Wildman–Crippen MR) is 51.6 cm³/mol.